The second kappa shape index (κ2) is 4.74. The van der Waals surface area contributed by atoms with E-state index in [1.165, 1.54) is 25.9 Å². The van der Waals surface area contributed by atoms with E-state index in [1.807, 2.05) is 0 Å². The van der Waals surface area contributed by atoms with Crippen molar-refractivity contribution in [2.45, 2.75) is 25.4 Å². The minimum atomic E-state index is -0.117. The molecule has 0 radical (unpaired) electrons. The van der Waals surface area contributed by atoms with Crippen LogP contribution in [0.3, 0.4) is 0 Å². The van der Waals surface area contributed by atoms with Gasteiger partial charge in [0, 0.05) is 12.6 Å². The second-order valence-corrected chi connectivity index (χ2v) is 5.19. The number of rotatable bonds is 3. The van der Waals surface area contributed by atoms with E-state index < -0.39 is 0 Å². The van der Waals surface area contributed by atoms with Crippen LogP contribution in [0.2, 0.25) is 0 Å². The lowest BCUT2D eigenvalue weighted by molar-refractivity contribution is 0.0605. The van der Waals surface area contributed by atoms with Crippen LogP contribution in [0.4, 0.5) is 0 Å². The molecule has 98 valence electrons. The van der Waals surface area contributed by atoms with Gasteiger partial charge in [0.1, 0.15) is 5.76 Å². The number of carbonyl (C=O) groups is 1. The largest absolute Gasteiger partial charge is 0.455 e. The molecule has 1 unspecified atom stereocenters. The Balaban J connectivity index is 1.64. The summed E-state index contributed by atoms with van der Waals surface area (Å²) in [5.41, 5.74) is 5.46. The zero-order chi connectivity index (χ0) is 12.5. The molecule has 5 nitrogen and oxygen atoms in total. The summed E-state index contributed by atoms with van der Waals surface area (Å²) in [7, 11) is 0. The molecule has 5 heteroatoms. The van der Waals surface area contributed by atoms with Gasteiger partial charge >= 0.3 is 0 Å². The highest BCUT2D eigenvalue weighted by molar-refractivity contribution is 5.91. The molecule has 0 spiro atoms. The molecule has 0 aromatic carbocycles. The first-order valence-corrected chi connectivity index (χ1v) is 6.58. The average Bonchev–Trinajstić information content (AvgIpc) is 2.89. The van der Waals surface area contributed by atoms with E-state index in [0.29, 0.717) is 24.0 Å². The normalized spacial score (nSPS) is 30.4. The molecule has 3 aliphatic heterocycles. The van der Waals surface area contributed by atoms with Gasteiger partial charge in [-0.3, -0.25) is 4.79 Å². The van der Waals surface area contributed by atoms with E-state index in [0.717, 1.165) is 6.54 Å². The Bertz CT molecular complexity index is 435. The summed E-state index contributed by atoms with van der Waals surface area (Å²) in [6, 6.07) is 3.72. The topological polar surface area (TPSA) is 71.5 Å². The fraction of sp³-hybridized carbons (Fsp3) is 0.615. The third kappa shape index (κ3) is 2.15. The molecule has 1 atom stereocenters. The predicted molar refractivity (Wildman–Crippen MR) is 67.0 cm³/mol. The Morgan fingerprint density at radius 3 is 2.78 bits per heavy atom. The number of piperidine rings is 3. The summed E-state index contributed by atoms with van der Waals surface area (Å²) >= 11 is 0. The van der Waals surface area contributed by atoms with Gasteiger partial charge < -0.3 is 20.4 Å². The SMILES string of the molecule is NCc1ccc(C(=O)NC2CN3CCC2CC3)o1. The fourth-order valence-electron chi connectivity index (χ4n) is 2.98. The van der Waals surface area contributed by atoms with Crippen LogP contribution in [-0.4, -0.2) is 36.5 Å². The molecule has 0 aliphatic carbocycles. The molecule has 3 fully saturated rings. The molecule has 0 saturated carbocycles. The van der Waals surface area contributed by atoms with Crippen molar-refractivity contribution in [3.63, 3.8) is 0 Å². The average molecular weight is 249 g/mol. The van der Waals surface area contributed by atoms with E-state index in [-0.39, 0.29) is 11.9 Å². The second-order valence-electron chi connectivity index (χ2n) is 5.19. The number of nitrogens with zero attached hydrogens (tertiary/aromatic N) is 1. The third-order valence-electron chi connectivity index (χ3n) is 4.06. The molecule has 3 aliphatic rings. The van der Waals surface area contributed by atoms with Crippen molar-refractivity contribution in [1.82, 2.24) is 10.2 Å². The maximum Gasteiger partial charge on any atom is 0.287 e. The maximum absolute atomic E-state index is 12.1. The maximum atomic E-state index is 12.1. The van der Waals surface area contributed by atoms with Gasteiger partial charge in [-0.25, -0.2) is 0 Å². The number of nitrogens with one attached hydrogen (secondary N) is 1. The quantitative estimate of drug-likeness (QED) is 0.821. The van der Waals surface area contributed by atoms with Crippen LogP contribution in [0.5, 0.6) is 0 Å². The summed E-state index contributed by atoms with van der Waals surface area (Å²) in [6.45, 7) is 3.65. The molecular weight excluding hydrogens is 230 g/mol. The van der Waals surface area contributed by atoms with Gasteiger partial charge in [0.15, 0.2) is 5.76 Å². The van der Waals surface area contributed by atoms with Crippen molar-refractivity contribution in [3.05, 3.63) is 23.7 Å². The number of carbonyl (C=O) groups excluding carboxylic acids is 1. The zero-order valence-electron chi connectivity index (χ0n) is 10.4. The number of amides is 1. The third-order valence-corrected chi connectivity index (χ3v) is 4.06. The van der Waals surface area contributed by atoms with Crippen molar-refractivity contribution in [3.8, 4) is 0 Å². The Morgan fingerprint density at radius 1 is 1.44 bits per heavy atom. The lowest BCUT2D eigenvalue weighted by atomic mass is 9.84. The highest BCUT2D eigenvalue weighted by Crippen LogP contribution is 2.27. The van der Waals surface area contributed by atoms with E-state index in [1.54, 1.807) is 12.1 Å². The zero-order valence-corrected chi connectivity index (χ0v) is 10.4. The summed E-state index contributed by atoms with van der Waals surface area (Å²) in [4.78, 5) is 14.5. The smallest absolute Gasteiger partial charge is 0.287 e. The lowest BCUT2D eigenvalue weighted by Gasteiger charge is -2.44. The number of furan rings is 1. The van der Waals surface area contributed by atoms with Crippen LogP contribution in [0.1, 0.15) is 29.2 Å². The van der Waals surface area contributed by atoms with E-state index in [2.05, 4.69) is 10.2 Å². The van der Waals surface area contributed by atoms with Crippen LogP contribution < -0.4 is 11.1 Å². The first kappa shape index (κ1) is 11.7. The lowest BCUT2D eigenvalue weighted by Crippen LogP contribution is -2.57. The number of hydrogen-bond acceptors (Lipinski definition) is 4. The molecule has 4 rings (SSSR count). The molecule has 3 saturated heterocycles. The summed E-state index contributed by atoms with van der Waals surface area (Å²) in [5.74, 6) is 1.53. The molecule has 4 heterocycles. The highest BCUT2D eigenvalue weighted by Gasteiger charge is 2.35. The minimum Gasteiger partial charge on any atom is -0.455 e. The molecule has 1 amide bonds. The monoisotopic (exact) mass is 249 g/mol. The number of fused-ring (bicyclic) bond motifs is 3. The van der Waals surface area contributed by atoms with E-state index in [4.69, 9.17) is 10.2 Å². The van der Waals surface area contributed by atoms with Gasteiger partial charge in [0.05, 0.1) is 6.54 Å². The van der Waals surface area contributed by atoms with Crippen molar-refractivity contribution < 1.29 is 9.21 Å². The summed E-state index contributed by atoms with van der Waals surface area (Å²) in [5, 5.41) is 3.09. The highest BCUT2D eigenvalue weighted by atomic mass is 16.4. The van der Waals surface area contributed by atoms with Crippen LogP contribution in [-0.2, 0) is 6.54 Å². The van der Waals surface area contributed by atoms with Crippen molar-refractivity contribution in [2.75, 3.05) is 19.6 Å². The Morgan fingerprint density at radius 2 is 2.22 bits per heavy atom. The summed E-state index contributed by atoms with van der Waals surface area (Å²) < 4.78 is 5.37. The van der Waals surface area contributed by atoms with Gasteiger partial charge in [0.25, 0.3) is 5.91 Å². The fourth-order valence-corrected chi connectivity index (χ4v) is 2.98. The van der Waals surface area contributed by atoms with Gasteiger partial charge in [-0.2, -0.15) is 0 Å². The van der Waals surface area contributed by atoms with Gasteiger partial charge in [-0.15, -0.1) is 0 Å². The number of hydrogen-bond donors (Lipinski definition) is 2. The van der Waals surface area contributed by atoms with Gasteiger partial charge in [-0.05, 0) is 44.0 Å². The van der Waals surface area contributed by atoms with Crippen LogP contribution in [0.25, 0.3) is 0 Å². The standard InChI is InChI=1S/C13H19N3O2/c14-7-10-1-2-12(18-10)13(17)15-11-8-16-5-3-9(11)4-6-16/h1-2,9,11H,3-8,14H2,(H,15,17). The molecule has 1 aromatic heterocycles. The van der Waals surface area contributed by atoms with Gasteiger partial charge in [0.2, 0.25) is 0 Å². The van der Waals surface area contributed by atoms with E-state index >= 15 is 0 Å². The molecule has 1 aromatic rings. The van der Waals surface area contributed by atoms with Crippen molar-refractivity contribution in [2.24, 2.45) is 11.7 Å². The van der Waals surface area contributed by atoms with Gasteiger partial charge in [-0.1, -0.05) is 0 Å². The van der Waals surface area contributed by atoms with Crippen LogP contribution in [0.15, 0.2) is 16.5 Å². The predicted octanol–water partition coefficient (Wildman–Crippen LogP) is 0.562. The molecule has 18 heavy (non-hydrogen) atoms. The summed E-state index contributed by atoms with van der Waals surface area (Å²) in [6.07, 6.45) is 2.38. The van der Waals surface area contributed by atoms with Crippen molar-refractivity contribution in [1.29, 1.82) is 0 Å². The van der Waals surface area contributed by atoms with Crippen LogP contribution in [0, 0.1) is 5.92 Å². The first-order chi connectivity index (χ1) is 8.76. The molecule has 3 N–H and O–H groups in total. The van der Waals surface area contributed by atoms with E-state index in [9.17, 15) is 4.79 Å². The minimum absolute atomic E-state index is 0.117. The van der Waals surface area contributed by atoms with Crippen LogP contribution >= 0.6 is 0 Å². The first-order valence-electron chi connectivity index (χ1n) is 6.58. The Hall–Kier alpha value is -1.33. The van der Waals surface area contributed by atoms with Crippen molar-refractivity contribution >= 4 is 5.91 Å². The number of nitrogens with two attached hydrogens (primary N) is 1. The molecule has 2 bridgehead atoms. The Kier molecular flexibility index (Phi) is 3.09. The molecular formula is C13H19N3O2. The Labute approximate surface area is 106 Å².